The normalized spacial score (nSPS) is 21.1. The molecule has 0 aromatic carbocycles. The number of rotatable bonds is 4. The first-order chi connectivity index (χ1) is 10.1. The highest BCUT2D eigenvalue weighted by atomic mass is 16.5. The maximum absolute atomic E-state index is 10.6. The van der Waals surface area contributed by atoms with Gasteiger partial charge in [0.05, 0.1) is 12.1 Å². The van der Waals surface area contributed by atoms with E-state index in [2.05, 4.69) is 30.6 Å². The lowest BCUT2D eigenvalue weighted by molar-refractivity contribution is -0.139. The highest BCUT2D eigenvalue weighted by Crippen LogP contribution is 2.44. The third kappa shape index (κ3) is 4.37. The van der Waals surface area contributed by atoms with Crippen LogP contribution in [0.1, 0.15) is 39.0 Å². The number of hydrogen-bond donors (Lipinski definition) is 0. The lowest BCUT2D eigenvalue weighted by atomic mass is 9.64. The lowest BCUT2D eigenvalue weighted by Gasteiger charge is -2.36. The van der Waals surface area contributed by atoms with E-state index in [1.165, 1.54) is 6.92 Å². The minimum Gasteiger partial charge on any atom is -0.453 e. The third-order valence-electron chi connectivity index (χ3n) is 3.99. The first kappa shape index (κ1) is 16.8. The van der Waals surface area contributed by atoms with Gasteiger partial charge in [-0.25, -0.2) is 0 Å². The molecule has 110 valence electrons. The van der Waals surface area contributed by atoms with E-state index >= 15 is 0 Å². The van der Waals surface area contributed by atoms with Gasteiger partial charge in [0, 0.05) is 13.3 Å². The van der Waals surface area contributed by atoms with E-state index in [1.807, 2.05) is 6.08 Å². The number of allylic oxidation sites excluding steroid dienone is 1. The Labute approximate surface area is 126 Å². The molecule has 0 heterocycles. The van der Waals surface area contributed by atoms with Gasteiger partial charge in [0.2, 0.25) is 0 Å². The molecule has 1 aliphatic carbocycles. The Morgan fingerprint density at radius 1 is 1.33 bits per heavy atom. The van der Waals surface area contributed by atoms with Gasteiger partial charge in [0.1, 0.15) is 0 Å². The maximum atomic E-state index is 10.6. The predicted molar refractivity (Wildman–Crippen MR) is 78.3 cm³/mol. The van der Waals surface area contributed by atoms with Crippen LogP contribution in [0.15, 0.2) is 12.7 Å². The van der Waals surface area contributed by atoms with Crippen molar-refractivity contribution in [2.24, 2.45) is 17.3 Å². The highest BCUT2D eigenvalue weighted by Gasteiger charge is 2.43. The molecule has 1 fully saturated rings. The van der Waals surface area contributed by atoms with E-state index in [0.717, 1.165) is 25.7 Å². The Hall–Kier alpha value is -2.25. The minimum atomic E-state index is -1.11. The van der Waals surface area contributed by atoms with Crippen LogP contribution in [0.3, 0.4) is 0 Å². The standard InChI is InChI=1S/C17H20N2O2/c1-3-15-8-4-5-9-16(15)17(12-18,13-19)10-6-7-11-21-14(2)20/h3,15-16H,1,4-5,8-11H2,2H3/t15-,16?/m1/s1. The van der Waals surface area contributed by atoms with Gasteiger partial charge < -0.3 is 4.74 Å². The zero-order chi connectivity index (χ0) is 15.7. The van der Waals surface area contributed by atoms with Gasteiger partial charge in [0.25, 0.3) is 0 Å². The van der Waals surface area contributed by atoms with Crippen molar-refractivity contribution in [2.75, 3.05) is 6.61 Å². The fourth-order valence-electron chi connectivity index (χ4n) is 2.85. The number of hydrogen-bond acceptors (Lipinski definition) is 4. The number of esters is 1. The lowest BCUT2D eigenvalue weighted by Crippen LogP contribution is -2.34. The first-order valence-electron chi connectivity index (χ1n) is 7.13. The van der Waals surface area contributed by atoms with Crippen molar-refractivity contribution >= 4 is 5.97 Å². The van der Waals surface area contributed by atoms with Gasteiger partial charge in [-0.1, -0.05) is 30.8 Å². The van der Waals surface area contributed by atoms with Crippen molar-refractivity contribution < 1.29 is 9.53 Å². The monoisotopic (exact) mass is 284 g/mol. The molecule has 0 aromatic rings. The second kappa shape index (κ2) is 8.13. The van der Waals surface area contributed by atoms with Crippen LogP contribution >= 0.6 is 0 Å². The first-order valence-corrected chi connectivity index (χ1v) is 7.13. The summed E-state index contributed by atoms with van der Waals surface area (Å²) >= 11 is 0. The summed E-state index contributed by atoms with van der Waals surface area (Å²) < 4.78 is 4.72. The molecule has 0 bridgehead atoms. The number of nitriles is 2. The molecule has 0 aromatic heterocycles. The zero-order valence-electron chi connectivity index (χ0n) is 12.4. The van der Waals surface area contributed by atoms with E-state index in [0.29, 0.717) is 0 Å². The molecular formula is C17H20N2O2. The minimum absolute atomic E-state index is 0.00216. The van der Waals surface area contributed by atoms with Crippen LogP contribution in [0, 0.1) is 51.8 Å². The van der Waals surface area contributed by atoms with Crippen LogP contribution in [0.4, 0.5) is 0 Å². The SMILES string of the molecule is C=C[C@@H]1CCCCC1C(C#N)(C#N)CC#CCOC(C)=O. The Bertz CT molecular complexity index is 514. The molecule has 21 heavy (non-hydrogen) atoms. The zero-order valence-corrected chi connectivity index (χ0v) is 12.4. The van der Waals surface area contributed by atoms with Crippen molar-refractivity contribution in [3.05, 3.63) is 12.7 Å². The van der Waals surface area contributed by atoms with E-state index in [-0.39, 0.29) is 24.9 Å². The average Bonchev–Trinajstić information content (AvgIpc) is 2.51. The quantitative estimate of drug-likeness (QED) is 0.452. The predicted octanol–water partition coefficient (Wildman–Crippen LogP) is 2.97. The largest absolute Gasteiger partial charge is 0.453 e. The molecule has 0 spiro atoms. The summed E-state index contributed by atoms with van der Waals surface area (Å²) in [4.78, 5) is 10.6. The molecule has 0 N–H and O–H groups in total. The topological polar surface area (TPSA) is 73.9 Å². The number of carbonyl (C=O) groups is 1. The Kier molecular flexibility index (Phi) is 6.51. The van der Waals surface area contributed by atoms with Crippen molar-refractivity contribution in [2.45, 2.75) is 39.0 Å². The molecule has 0 radical (unpaired) electrons. The smallest absolute Gasteiger partial charge is 0.303 e. The van der Waals surface area contributed by atoms with Gasteiger partial charge >= 0.3 is 5.97 Å². The summed E-state index contributed by atoms with van der Waals surface area (Å²) in [5.41, 5.74) is -1.11. The average molecular weight is 284 g/mol. The van der Waals surface area contributed by atoms with Crippen molar-refractivity contribution in [1.82, 2.24) is 0 Å². The molecule has 1 rings (SSSR count). The van der Waals surface area contributed by atoms with Crippen LogP contribution in [-0.4, -0.2) is 12.6 Å². The summed E-state index contributed by atoms with van der Waals surface area (Å²) in [6.45, 7) is 5.14. The van der Waals surface area contributed by atoms with E-state index in [9.17, 15) is 15.3 Å². The Balaban J connectivity index is 2.83. The molecule has 1 aliphatic rings. The highest BCUT2D eigenvalue weighted by molar-refractivity contribution is 5.66. The van der Waals surface area contributed by atoms with Crippen LogP contribution < -0.4 is 0 Å². The fraction of sp³-hybridized carbons (Fsp3) is 0.588. The molecule has 0 saturated heterocycles. The van der Waals surface area contributed by atoms with Gasteiger partial charge in [-0.3, -0.25) is 4.79 Å². The van der Waals surface area contributed by atoms with Crippen molar-refractivity contribution in [1.29, 1.82) is 10.5 Å². The summed E-state index contributed by atoms with van der Waals surface area (Å²) in [5.74, 6) is 5.28. The molecule has 2 atom stereocenters. The molecule has 4 heteroatoms. The van der Waals surface area contributed by atoms with E-state index in [1.54, 1.807) is 0 Å². The summed E-state index contributed by atoms with van der Waals surface area (Å²) in [6, 6.07) is 4.36. The summed E-state index contributed by atoms with van der Waals surface area (Å²) in [6.07, 6.45) is 6.00. The van der Waals surface area contributed by atoms with Crippen LogP contribution in [0.25, 0.3) is 0 Å². The second-order valence-corrected chi connectivity index (χ2v) is 5.30. The summed E-state index contributed by atoms with van der Waals surface area (Å²) in [5, 5.41) is 19.1. The van der Waals surface area contributed by atoms with Gasteiger partial charge in [0.15, 0.2) is 12.0 Å². The molecule has 0 aliphatic heterocycles. The number of carbonyl (C=O) groups excluding carboxylic acids is 1. The molecule has 1 saturated carbocycles. The number of nitrogens with zero attached hydrogens (tertiary/aromatic N) is 2. The van der Waals surface area contributed by atoms with Crippen molar-refractivity contribution in [3.63, 3.8) is 0 Å². The molecule has 4 nitrogen and oxygen atoms in total. The van der Waals surface area contributed by atoms with Crippen molar-refractivity contribution in [3.8, 4) is 24.0 Å². The summed E-state index contributed by atoms with van der Waals surface area (Å²) in [7, 11) is 0. The molecule has 1 unspecified atom stereocenters. The second-order valence-electron chi connectivity index (χ2n) is 5.30. The third-order valence-corrected chi connectivity index (χ3v) is 3.99. The van der Waals surface area contributed by atoms with Crippen LogP contribution in [0.5, 0.6) is 0 Å². The van der Waals surface area contributed by atoms with Gasteiger partial charge in [-0.05, 0) is 24.7 Å². The van der Waals surface area contributed by atoms with Crippen LogP contribution in [0.2, 0.25) is 0 Å². The van der Waals surface area contributed by atoms with E-state index in [4.69, 9.17) is 4.74 Å². The van der Waals surface area contributed by atoms with E-state index < -0.39 is 11.4 Å². The Morgan fingerprint density at radius 3 is 2.57 bits per heavy atom. The van der Waals surface area contributed by atoms with Gasteiger partial charge in [-0.2, -0.15) is 10.5 Å². The molecule has 0 amide bonds. The fourth-order valence-corrected chi connectivity index (χ4v) is 2.85. The van der Waals surface area contributed by atoms with Gasteiger partial charge in [-0.15, -0.1) is 6.58 Å². The maximum Gasteiger partial charge on any atom is 0.303 e. The van der Waals surface area contributed by atoms with Crippen LogP contribution in [-0.2, 0) is 9.53 Å². The molecular weight excluding hydrogens is 264 g/mol. The number of ether oxygens (including phenoxy) is 1. The Morgan fingerprint density at radius 2 is 2.00 bits per heavy atom.